The Morgan fingerprint density at radius 2 is 1.33 bits per heavy atom. The third-order valence-electron chi connectivity index (χ3n) is 4.62. The first-order valence-corrected chi connectivity index (χ1v) is 7.96. The molecular weight excluding hydrogens is 294 g/mol. The second kappa shape index (κ2) is 4.87. The van der Waals surface area contributed by atoms with Crippen LogP contribution in [0.25, 0.3) is 33.3 Å². The zero-order valence-corrected chi connectivity index (χ0v) is 12.9. The summed E-state index contributed by atoms with van der Waals surface area (Å²) in [5.41, 5.74) is 6.22. The van der Waals surface area contributed by atoms with Crippen molar-refractivity contribution < 1.29 is 4.79 Å². The lowest BCUT2D eigenvalue weighted by Crippen LogP contribution is -1.98. The molecule has 0 unspecified atom stereocenters. The van der Waals surface area contributed by atoms with Crippen LogP contribution in [-0.2, 0) is 0 Å². The molecule has 0 saturated heterocycles. The highest BCUT2D eigenvalue weighted by Gasteiger charge is 2.28. The van der Waals surface area contributed by atoms with Crippen molar-refractivity contribution in [2.45, 2.75) is 0 Å². The molecule has 0 saturated carbocycles. The van der Waals surface area contributed by atoms with E-state index in [2.05, 4.69) is 0 Å². The van der Waals surface area contributed by atoms with Crippen LogP contribution in [0.3, 0.4) is 0 Å². The van der Waals surface area contributed by atoms with Crippen LogP contribution >= 0.6 is 0 Å². The number of pyridine rings is 1. The molecule has 0 radical (unpaired) electrons. The standard InChI is InChI=1S/C22H13NO/c24-22-18-9-5-4-8-16(18)17-12-10-15-11-13-19(23-21(15)20(17)22)14-6-2-1-3-7-14/h1-13H. The van der Waals surface area contributed by atoms with Gasteiger partial charge in [-0.25, -0.2) is 4.98 Å². The van der Waals surface area contributed by atoms with Crippen LogP contribution in [0.1, 0.15) is 15.9 Å². The molecule has 112 valence electrons. The molecule has 0 amide bonds. The molecule has 0 fully saturated rings. The second-order valence-corrected chi connectivity index (χ2v) is 6.00. The van der Waals surface area contributed by atoms with Gasteiger partial charge in [-0.2, -0.15) is 0 Å². The predicted octanol–water partition coefficient (Wildman–Crippen LogP) is 5.11. The number of hydrogen-bond acceptors (Lipinski definition) is 2. The smallest absolute Gasteiger partial charge is 0.196 e. The van der Waals surface area contributed by atoms with E-state index >= 15 is 0 Å². The Kier molecular flexibility index (Phi) is 2.68. The van der Waals surface area contributed by atoms with Gasteiger partial charge in [0.1, 0.15) is 0 Å². The highest BCUT2D eigenvalue weighted by atomic mass is 16.1. The van der Waals surface area contributed by atoms with Gasteiger partial charge in [0, 0.05) is 16.5 Å². The summed E-state index contributed by atoms with van der Waals surface area (Å²) in [5.74, 6) is 0.0731. The maximum atomic E-state index is 12.9. The molecule has 1 aromatic heterocycles. The van der Waals surface area contributed by atoms with Gasteiger partial charge >= 0.3 is 0 Å². The Morgan fingerprint density at radius 1 is 0.625 bits per heavy atom. The van der Waals surface area contributed by atoms with Gasteiger partial charge in [0.25, 0.3) is 0 Å². The zero-order chi connectivity index (χ0) is 16.1. The van der Waals surface area contributed by atoms with Crippen LogP contribution < -0.4 is 0 Å². The maximum absolute atomic E-state index is 12.9. The van der Waals surface area contributed by atoms with Crippen LogP contribution in [0.4, 0.5) is 0 Å². The van der Waals surface area contributed by atoms with Crippen LogP contribution in [0, 0.1) is 0 Å². The summed E-state index contributed by atoms with van der Waals surface area (Å²) in [4.78, 5) is 17.7. The van der Waals surface area contributed by atoms with Gasteiger partial charge in [-0.1, -0.05) is 72.8 Å². The van der Waals surface area contributed by atoms with Gasteiger partial charge in [0.05, 0.1) is 16.8 Å². The van der Waals surface area contributed by atoms with Crippen LogP contribution in [-0.4, -0.2) is 10.8 Å². The summed E-state index contributed by atoms with van der Waals surface area (Å²) < 4.78 is 0. The molecule has 24 heavy (non-hydrogen) atoms. The normalized spacial score (nSPS) is 12.2. The first-order chi connectivity index (χ1) is 11.8. The Morgan fingerprint density at radius 3 is 2.17 bits per heavy atom. The van der Waals surface area contributed by atoms with Crippen molar-refractivity contribution in [3.05, 3.63) is 90.0 Å². The lowest BCUT2D eigenvalue weighted by Gasteiger charge is -2.07. The first kappa shape index (κ1) is 13.2. The van der Waals surface area contributed by atoms with E-state index in [9.17, 15) is 4.79 Å². The highest BCUT2D eigenvalue weighted by Crippen LogP contribution is 2.40. The number of carbonyl (C=O) groups is 1. The summed E-state index contributed by atoms with van der Waals surface area (Å²) in [6, 6.07) is 26.0. The average molecular weight is 307 g/mol. The number of rotatable bonds is 1. The zero-order valence-electron chi connectivity index (χ0n) is 12.9. The number of nitrogens with zero attached hydrogens (tertiary/aromatic N) is 1. The lowest BCUT2D eigenvalue weighted by molar-refractivity contribution is 0.104. The second-order valence-electron chi connectivity index (χ2n) is 6.00. The van der Waals surface area contributed by atoms with E-state index in [1.165, 1.54) is 0 Å². The number of hydrogen-bond donors (Lipinski definition) is 0. The number of ketones is 1. The molecule has 0 bridgehead atoms. The third-order valence-corrected chi connectivity index (χ3v) is 4.62. The van der Waals surface area contributed by atoms with Gasteiger partial charge in [-0.15, -0.1) is 0 Å². The van der Waals surface area contributed by atoms with Crippen molar-refractivity contribution in [2.75, 3.05) is 0 Å². The topological polar surface area (TPSA) is 30.0 Å². The molecule has 4 aromatic rings. The van der Waals surface area contributed by atoms with Gasteiger partial charge in [-0.3, -0.25) is 4.79 Å². The molecule has 3 aromatic carbocycles. The molecular formula is C22H13NO. The molecule has 0 atom stereocenters. The van der Waals surface area contributed by atoms with Crippen molar-refractivity contribution in [3.8, 4) is 22.4 Å². The average Bonchev–Trinajstić information content (AvgIpc) is 2.95. The van der Waals surface area contributed by atoms with Crippen molar-refractivity contribution in [1.29, 1.82) is 0 Å². The molecule has 0 aliphatic heterocycles. The van der Waals surface area contributed by atoms with E-state index in [0.717, 1.165) is 44.4 Å². The molecule has 2 heteroatoms. The molecule has 0 spiro atoms. The minimum Gasteiger partial charge on any atom is -0.288 e. The molecule has 2 nitrogen and oxygen atoms in total. The summed E-state index contributed by atoms with van der Waals surface area (Å²) in [6.07, 6.45) is 0. The maximum Gasteiger partial charge on any atom is 0.196 e. The Hall–Kier alpha value is -3.26. The van der Waals surface area contributed by atoms with Gasteiger partial charge in [0.2, 0.25) is 0 Å². The fourth-order valence-corrected chi connectivity index (χ4v) is 3.46. The molecule has 1 aliphatic rings. The Bertz CT molecular complexity index is 1110. The van der Waals surface area contributed by atoms with E-state index < -0.39 is 0 Å². The van der Waals surface area contributed by atoms with E-state index in [1.807, 2.05) is 78.9 Å². The minimum atomic E-state index is 0.0731. The lowest BCUT2D eigenvalue weighted by atomic mass is 10.0. The summed E-state index contributed by atoms with van der Waals surface area (Å²) >= 11 is 0. The number of aromatic nitrogens is 1. The molecule has 5 rings (SSSR count). The van der Waals surface area contributed by atoms with Gasteiger partial charge in [-0.05, 0) is 17.2 Å². The monoisotopic (exact) mass is 307 g/mol. The number of fused-ring (bicyclic) bond motifs is 5. The summed E-state index contributed by atoms with van der Waals surface area (Å²) in [5, 5.41) is 0.995. The van der Waals surface area contributed by atoms with Crippen molar-refractivity contribution in [1.82, 2.24) is 4.98 Å². The summed E-state index contributed by atoms with van der Waals surface area (Å²) in [7, 11) is 0. The largest absolute Gasteiger partial charge is 0.288 e. The van der Waals surface area contributed by atoms with E-state index in [0.29, 0.717) is 0 Å². The van der Waals surface area contributed by atoms with Gasteiger partial charge < -0.3 is 0 Å². The molecule has 1 heterocycles. The fraction of sp³-hybridized carbons (Fsp3) is 0. The third kappa shape index (κ3) is 1.77. The Labute approximate surface area is 139 Å². The van der Waals surface area contributed by atoms with Crippen LogP contribution in [0.5, 0.6) is 0 Å². The van der Waals surface area contributed by atoms with Crippen molar-refractivity contribution in [3.63, 3.8) is 0 Å². The number of benzene rings is 3. The van der Waals surface area contributed by atoms with E-state index in [-0.39, 0.29) is 5.78 Å². The van der Waals surface area contributed by atoms with Crippen molar-refractivity contribution >= 4 is 16.7 Å². The SMILES string of the molecule is O=C1c2ccccc2-c2ccc3ccc(-c4ccccc4)nc3c21. The fourth-order valence-electron chi connectivity index (χ4n) is 3.46. The highest BCUT2D eigenvalue weighted by molar-refractivity contribution is 6.26. The minimum absolute atomic E-state index is 0.0731. The number of carbonyl (C=O) groups excluding carboxylic acids is 1. The summed E-state index contributed by atoms with van der Waals surface area (Å²) in [6.45, 7) is 0. The van der Waals surface area contributed by atoms with E-state index in [4.69, 9.17) is 4.98 Å². The first-order valence-electron chi connectivity index (χ1n) is 7.96. The van der Waals surface area contributed by atoms with Crippen molar-refractivity contribution in [2.24, 2.45) is 0 Å². The van der Waals surface area contributed by atoms with Crippen LogP contribution in [0.2, 0.25) is 0 Å². The Balaban J connectivity index is 1.81. The quantitative estimate of drug-likeness (QED) is 0.430. The van der Waals surface area contributed by atoms with E-state index in [1.54, 1.807) is 0 Å². The van der Waals surface area contributed by atoms with Crippen LogP contribution in [0.15, 0.2) is 78.9 Å². The predicted molar refractivity (Wildman–Crippen MR) is 96.0 cm³/mol. The molecule has 0 N–H and O–H groups in total. The van der Waals surface area contributed by atoms with Gasteiger partial charge in [0.15, 0.2) is 5.78 Å². The molecule has 1 aliphatic carbocycles.